The molecule has 2 saturated heterocycles. The lowest BCUT2D eigenvalue weighted by Crippen LogP contribution is -2.43. The van der Waals surface area contributed by atoms with Gasteiger partial charge >= 0.3 is 0 Å². The van der Waals surface area contributed by atoms with E-state index in [1.807, 2.05) is 11.8 Å². The van der Waals surface area contributed by atoms with Crippen molar-refractivity contribution in [3.63, 3.8) is 0 Å². The number of nitrogens with one attached hydrogen (secondary N) is 2. The maximum Gasteiger partial charge on any atom is 0.213 e. The van der Waals surface area contributed by atoms with Crippen LogP contribution in [0.5, 0.6) is 0 Å². The van der Waals surface area contributed by atoms with Crippen molar-refractivity contribution in [3.05, 3.63) is 143 Å². The summed E-state index contributed by atoms with van der Waals surface area (Å²) in [4.78, 5) is 9.11. The van der Waals surface area contributed by atoms with Crippen molar-refractivity contribution in [2.45, 2.75) is 75.1 Å². The first-order valence-electron chi connectivity index (χ1n) is 20.4. The van der Waals surface area contributed by atoms with Gasteiger partial charge in [0.1, 0.15) is 6.54 Å². The Hall–Kier alpha value is -3.69. The van der Waals surface area contributed by atoms with Gasteiger partial charge < -0.3 is 15.5 Å². The van der Waals surface area contributed by atoms with Crippen molar-refractivity contribution < 1.29 is 4.57 Å². The minimum Gasteiger partial charge on any atom is -0.335 e. The summed E-state index contributed by atoms with van der Waals surface area (Å²) in [5, 5.41) is 10.4. The van der Waals surface area contributed by atoms with E-state index in [1.54, 1.807) is 0 Å². The molecule has 4 aromatic carbocycles. The maximum absolute atomic E-state index is 3.91. The summed E-state index contributed by atoms with van der Waals surface area (Å²) in [5.41, 5.74) is 6.79. The fourth-order valence-corrected chi connectivity index (χ4v) is 9.67. The predicted octanol–water partition coefficient (Wildman–Crippen LogP) is 8.75. The van der Waals surface area contributed by atoms with Gasteiger partial charge in [-0.25, -0.2) is 0 Å². The monoisotopic (exact) mass is 773 g/mol. The number of anilines is 1. The van der Waals surface area contributed by atoms with Crippen LogP contribution >= 0.6 is 24.2 Å². The molecule has 0 aliphatic carbocycles. The van der Waals surface area contributed by atoms with Gasteiger partial charge in [-0.1, -0.05) is 96.7 Å². The maximum atomic E-state index is 3.91. The van der Waals surface area contributed by atoms with Crippen LogP contribution in [-0.2, 0) is 19.6 Å². The van der Waals surface area contributed by atoms with E-state index in [0.717, 1.165) is 52.1 Å². The number of pyridine rings is 1. The number of likely N-dealkylation sites (tertiary alicyclic amines) is 2. The molecule has 5 aromatic rings. The van der Waals surface area contributed by atoms with E-state index in [9.17, 15) is 0 Å². The summed E-state index contributed by atoms with van der Waals surface area (Å²) < 4.78 is 2.45. The van der Waals surface area contributed by atoms with Crippen LogP contribution in [0.25, 0.3) is 17.0 Å². The third-order valence-corrected chi connectivity index (χ3v) is 12.7. The van der Waals surface area contributed by atoms with Crippen LogP contribution < -0.4 is 20.1 Å². The number of fused-ring (bicyclic) bond motifs is 2. The van der Waals surface area contributed by atoms with Crippen LogP contribution in [0.1, 0.15) is 55.2 Å². The van der Waals surface area contributed by atoms with Crippen LogP contribution in [0.3, 0.4) is 0 Å². The normalized spacial score (nSPS) is 17.8. The molecule has 3 aliphatic rings. The fraction of sp³-hybridized carbons (Fsp3) is 0.383. The smallest absolute Gasteiger partial charge is 0.213 e. The highest BCUT2D eigenvalue weighted by Gasteiger charge is 2.26. The van der Waals surface area contributed by atoms with Crippen molar-refractivity contribution >= 4 is 46.8 Å². The van der Waals surface area contributed by atoms with Crippen molar-refractivity contribution in [1.82, 2.24) is 20.4 Å². The van der Waals surface area contributed by atoms with E-state index >= 15 is 0 Å². The molecule has 0 bridgehead atoms. The lowest BCUT2D eigenvalue weighted by Gasteiger charge is -2.32. The summed E-state index contributed by atoms with van der Waals surface area (Å²) in [7, 11) is 0. The Bertz CT molecular complexity index is 1960. The Balaban J connectivity index is 0.00000465. The van der Waals surface area contributed by atoms with Crippen molar-refractivity contribution in [2.24, 2.45) is 0 Å². The van der Waals surface area contributed by atoms with Crippen LogP contribution in [-0.4, -0.2) is 67.7 Å². The zero-order chi connectivity index (χ0) is 36.4. The minimum atomic E-state index is 0. The van der Waals surface area contributed by atoms with Crippen molar-refractivity contribution in [1.29, 1.82) is 0 Å². The second kappa shape index (κ2) is 19.9. The zero-order valence-electron chi connectivity index (χ0n) is 32.2. The molecule has 0 unspecified atom stereocenters. The first-order chi connectivity index (χ1) is 26.7. The van der Waals surface area contributed by atoms with Gasteiger partial charge in [0.05, 0.1) is 16.1 Å². The molecule has 0 radical (unpaired) electrons. The van der Waals surface area contributed by atoms with Gasteiger partial charge in [-0.2, -0.15) is 4.57 Å². The van der Waals surface area contributed by atoms with E-state index in [1.165, 1.54) is 95.1 Å². The van der Waals surface area contributed by atoms with Gasteiger partial charge in [-0.3, -0.25) is 9.80 Å². The lowest BCUT2D eigenvalue weighted by atomic mass is 10.0. The summed E-state index contributed by atoms with van der Waals surface area (Å²) in [6.07, 6.45) is 11.9. The lowest BCUT2D eigenvalue weighted by molar-refractivity contribution is -0.671. The van der Waals surface area contributed by atoms with Gasteiger partial charge in [-0.05, 0) is 106 Å². The highest BCUT2D eigenvalue weighted by molar-refractivity contribution is 8.03. The Morgan fingerprint density at radius 2 is 1.20 bits per heavy atom. The Labute approximate surface area is 339 Å². The summed E-state index contributed by atoms with van der Waals surface area (Å²) in [5.74, 6) is 0. The SMILES string of the molecule is C(=C1/Sc2ccccc2N1CCCNC1CCN(Cc2ccccc2)CC1)/c1cc[n+](CCCNC2CCN(Cc3ccccc3)CC2)c2ccccc12.Cl. The van der Waals surface area contributed by atoms with Crippen LogP contribution in [0.2, 0.25) is 0 Å². The van der Waals surface area contributed by atoms with Gasteiger partial charge in [-0.15, -0.1) is 12.4 Å². The van der Waals surface area contributed by atoms with Gasteiger partial charge in [0.15, 0.2) is 6.20 Å². The molecular formula is C47H58ClN6S+. The molecule has 3 aliphatic heterocycles. The van der Waals surface area contributed by atoms with E-state index < -0.39 is 0 Å². The molecule has 55 heavy (non-hydrogen) atoms. The molecule has 0 spiro atoms. The first kappa shape index (κ1) is 39.5. The highest BCUT2D eigenvalue weighted by atomic mass is 35.5. The molecule has 0 atom stereocenters. The van der Waals surface area contributed by atoms with Crippen LogP contribution in [0.15, 0.2) is 131 Å². The molecule has 8 heteroatoms. The Kier molecular flexibility index (Phi) is 14.3. The summed E-state index contributed by atoms with van der Waals surface area (Å²) in [6, 6.07) is 43.2. The zero-order valence-corrected chi connectivity index (χ0v) is 33.8. The number of benzene rings is 4. The average molecular weight is 775 g/mol. The Morgan fingerprint density at radius 1 is 0.636 bits per heavy atom. The van der Waals surface area contributed by atoms with Gasteiger partial charge in [0.2, 0.25) is 5.52 Å². The molecule has 2 fully saturated rings. The number of hydrogen-bond donors (Lipinski definition) is 2. The Morgan fingerprint density at radius 3 is 1.85 bits per heavy atom. The number of thioether (sulfide) groups is 1. The van der Waals surface area contributed by atoms with Crippen molar-refractivity contribution in [2.75, 3.05) is 50.7 Å². The molecule has 2 N–H and O–H groups in total. The average Bonchev–Trinajstić information content (AvgIpc) is 3.57. The number of aromatic nitrogens is 1. The fourth-order valence-electron chi connectivity index (χ4n) is 8.53. The molecule has 288 valence electrons. The molecular weight excluding hydrogens is 716 g/mol. The molecule has 1 aromatic heterocycles. The standard InChI is InChI=1S/C47H57N6S.ClH/c1-3-13-38(14-4-1)36-50-30-22-41(23-31-50)48-26-11-28-52-34-21-40(43-17-7-8-18-44(43)52)35-47-53(45-19-9-10-20-46(45)54-47)29-12-27-49-42-24-32-51(33-25-42)37-39-15-5-2-6-16-39;/h1-10,13-21,34-35,41-42,48-49H,11-12,22-33,36-37H2;1H/q+1;. The number of piperidine rings is 2. The predicted molar refractivity (Wildman–Crippen MR) is 234 cm³/mol. The largest absolute Gasteiger partial charge is 0.335 e. The van der Waals surface area contributed by atoms with Gasteiger partial charge in [0.25, 0.3) is 0 Å². The second-order valence-electron chi connectivity index (χ2n) is 15.4. The van der Waals surface area contributed by atoms with Crippen LogP contribution in [0.4, 0.5) is 5.69 Å². The quantitative estimate of drug-likeness (QED) is 0.0820. The third-order valence-electron chi connectivity index (χ3n) is 11.5. The molecule has 8 rings (SSSR count). The van der Waals surface area contributed by atoms with E-state index in [2.05, 4.69) is 157 Å². The summed E-state index contributed by atoms with van der Waals surface area (Å²) in [6.45, 7) is 11.0. The number of para-hydroxylation sites is 2. The second-order valence-corrected chi connectivity index (χ2v) is 16.4. The third kappa shape index (κ3) is 10.6. The number of rotatable bonds is 15. The number of nitrogens with zero attached hydrogens (tertiary/aromatic N) is 4. The van der Waals surface area contributed by atoms with Crippen LogP contribution in [0, 0.1) is 0 Å². The van der Waals surface area contributed by atoms with E-state index in [-0.39, 0.29) is 12.4 Å². The topological polar surface area (TPSA) is 37.7 Å². The summed E-state index contributed by atoms with van der Waals surface area (Å²) >= 11 is 1.91. The molecule has 0 amide bonds. The first-order valence-corrected chi connectivity index (χ1v) is 21.2. The number of halogens is 1. The number of hydrogen-bond acceptors (Lipinski definition) is 6. The minimum absolute atomic E-state index is 0. The molecule has 4 heterocycles. The van der Waals surface area contributed by atoms with Crippen molar-refractivity contribution in [3.8, 4) is 0 Å². The molecule has 0 saturated carbocycles. The molecule has 6 nitrogen and oxygen atoms in total. The van der Waals surface area contributed by atoms with E-state index in [4.69, 9.17) is 0 Å². The van der Waals surface area contributed by atoms with Gasteiger partial charge in [0, 0.05) is 61.7 Å². The highest BCUT2D eigenvalue weighted by Crippen LogP contribution is 2.46. The number of aryl methyl sites for hydroxylation is 1. The van der Waals surface area contributed by atoms with E-state index in [0.29, 0.717) is 12.1 Å².